The summed E-state index contributed by atoms with van der Waals surface area (Å²) in [5.74, 6) is 0. The quantitative estimate of drug-likeness (QED) is 0.862. The number of nitrogens with one attached hydrogen (secondary N) is 1. The van der Waals surface area contributed by atoms with Crippen LogP contribution in [0.3, 0.4) is 0 Å². The summed E-state index contributed by atoms with van der Waals surface area (Å²) in [6, 6.07) is 1.74. The molecule has 1 aromatic heterocycles. The highest BCUT2D eigenvalue weighted by Crippen LogP contribution is 2.33. The van der Waals surface area contributed by atoms with Crippen LogP contribution in [0.5, 0.6) is 0 Å². The van der Waals surface area contributed by atoms with E-state index in [1.165, 1.54) is 11.3 Å². The molecule has 4 nitrogen and oxygen atoms in total. The molecule has 1 saturated heterocycles. The van der Waals surface area contributed by atoms with E-state index < -0.39 is 10.0 Å². The number of hydrogen-bond donors (Lipinski definition) is 1. The lowest BCUT2D eigenvalue weighted by atomic mass is 10.3. The first-order chi connectivity index (χ1) is 7.93. The van der Waals surface area contributed by atoms with Gasteiger partial charge in [-0.05, 0) is 41.4 Å². The topological polar surface area (TPSA) is 49.4 Å². The molecule has 0 saturated carbocycles. The van der Waals surface area contributed by atoms with Crippen LogP contribution in [-0.4, -0.2) is 38.4 Å². The molecule has 0 aliphatic carbocycles. The molecule has 8 heteroatoms. The van der Waals surface area contributed by atoms with Gasteiger partial charge in [0.15, 0.2) is 0 Å². The number of thiophene rings is 1. The maximum Gasteiger partial charge on any atom is 0.252 e. The van der Waals surface area contributed by atoms with E-state index in [9.17, 15) is 8.42 Å². The van der Waals surface area contributed by atoms with Crippen molar-refractivity contribution in [3.05, 3.63) is 15.4 Å². The lowest BCUT2D eigenvalue weighted by Gasteiger charge is -2.32. The molecule has 2 heterocycles. The average molecular weight is 376 g/mol. The van der Waals surface area contributed by atoms with E-state index in [1.807, 2.05) is 13.8 Å². The Balaban J connectivity index is 0.00000162. The van der Waals surface area contributed by atoms with Gasteiger partial charge in [-0.25, -0.2) is 8.42 Å². The van der Waals surface area contributed by atoms with E-state index in [2.05, 4.69) is 21.2 Å². The minimum absolute atomic E-state index is 0. The first-order valence-electron chi connectivity index (χ1n) is 5.41. The molecule has 2 rings (SSSR count). The number of piperazine rings is 1. The van der Waals surface area contributed by atoms with Crippen molar-refractivity contribution in [2.45, 2.75) is 24.1 Å². The van der Waals surface area contributed by atoms with Gasteiger partial charge in [-0.3, -0.25) is 0 Å². The molecular weight excluding hydrogens is 360 g/mol. The van der Waals surface area contributed by atoms with E-state index in [0.29, 0.717) is 17.3 Å². The molecular formula is C10H16BrClN2O2S2. The Morgan fingerprint density at radius 3 is 2.72 bits per heavy atom. The van der Waals surface area contributed by atoms with Crippen LogP contribution in [0.2, 0.25) is 0 Å². The standard InChI is InChI=1S/C10H15BrN2O2S2.ClH/c1-7-5-9(16-10(7)11)17(14,15)13-4-3-12-6-8(13)2;/h5,8,12H,3-4,6H2,1-2H3;1H/t8-;/m1./s1. The molecule has 104 valence electrons. The van der Waals surface area contributed by atoms with Gasteiger partial charge in [0.25, 0.3) is 10.0 Å². The second-order valence-corrected chi connectivity index (χ2v) is 8.68. The fourth-order valence-electron chi connectivity index (χ4n) is 1.85. The maximum atomic E-state index is 12.5. The van der Waals surface area contributed by atoms with Crippen molar-refractivity contribution in [3.63, 3.8) is 0 Å². The summed E-state index contributed by atoms with van der Waals surface area (Å²) in [5.41, 5.74) is 0.969. The third kappa shape index (κ3) is 3.08. The Hall–Kier alpha value is 0.340. The molecule has 1 atom stereocenters. The lowest BCUT2D eigenvalue weighted by Crippen LogP contribution is -2.51. The summed E-state index contributed by atoms with van der Waals surface area (Å²) >= 11 is 4.65. The second kappa shape index (κ2) is 6.19. The summed E-state index contributed by atoms with van der Waals surface area (Å²) in [7, 11) is -3.33. The van der Waals surface area contributed by atoms with Crippen molar-refractivity contribution in [1.82, 2.24) is 9.62 Å². The molecule has 0 bridgehead atoms. The highest BCUT2D eigenvalue weighted by molar-refractivity contribution is 9.11. The Morgan fingerprint density at radius 2 is 2.22 bits per heavy atom. The Labute approximate surface area is 126 Å². The second-order valence-electron chi connectivity index (χ2n) is 4.19. The SMILES string of the molecule is Cc1cc(S(=O)(=O)N2CCNC[C@H]2C)sc1Br.Cl. The molecule has 0 amide bonds. The fraction of sp³-hybridized carbons (Fsp3) is 0.600. The Bertz CT molecular complexity index is 498. The normalized spacial score (nSPS) is 21.6. The lowest BCUT2D eigenvalue weighted by molar-refractivity contribution is 0.284. The summed E-state index contributed by atoms with van der Waals surface area (Å²) < 4.78 is 27.8. The third-order valence-electron chi connectivity index (χ3n) is 2.84. The molecule has 0 spiro atoms. The number of nitrogens with zero attached hydrogens (tertiary/aromatic N) is 1. The largest absolute Gasteiger partial charge is 0.314 e. The van der Waals surface area contributed by atoms with Gasteiger partial charge in [0.05, 0.1) is 3.79 Å². The van der Waals surface area contributed by atoms with Gasteiger partial charge in [-0.15, -0.1) is 23.7 Å². The van der Waals surface area contributed by atoms with Crippen molar-refractivity contribution < 1.29 is 8.42 Å². The number of rotatable bonds is 2. The predicted octanol–water partition coefficient (Wildman–Crippen LogP) is 2.22. The molecule has 0 radical (unpaired) electrons. The van der Waals surface area contributed by atoms with Gasteiger partial charge in [-0.1, -0.05) is 0 Å². The third-order valence-corrected chi connectivity index (χ3v) is 7.44. The molecule has 1 N–H and O–H groups in total. The summed E-state index contributed by atoms with van der Waals surface area (Å²) in [4.78, 5) is 0. The first kappa shape index (κ1) is 16.4. The van der Waals surface area contributed by atoms with Gasteiger partial charge >= 0.3 is 0 Å². The Kier molecular flexibility index (Phi) is 5.64. The fourth-order valence-corrected chi connectivity index (χ4v) is 5.84. The summed E-state index contributed by atoms with van der Waals surface area (Å²) in [6.07, 6.45) is 0. The van der Waals surface area contributed by atoms with Crippen molar-refractivity contribution in [2.75, 3.05) is 19.6 Å². The number of aryl methyl sites for hydroxylation is 1. The van der Waals surface area contributed by atoms with E-state index >= 15 is 0 Å². The number of halogens is 2. The number of hydrogen-bond acceptors (Lipinski definition) is 4. The smallest absolute Gasteiger partial charge is 0.252 e. The van der Waals surface area contributed by atoms with Crippen molar-refractivity contribution in [2.24, 2.45) is 0 Å². The Morgan fingerprint density at radius 1 is 1.56 bits per heavy atom. The molecule has 1 aliphatic rings. The van der Waals surface area contributed by atoms with Crippen molar-refractivity contribution in [1.29, 1.82) is 0 Å². The first-order valence-corrected chi connectivity index (χ1v) is 8.46. The average Bonchev–Trinajstić information content (AvgIpc) is 2.60. The van der Waals surface area contributed by atoms with Crippen LogP contribution in [0.25, 0.3) is 0 Å². The van der Waals surface area contributed by atoms with E-state index in [1.54, 1.807) is 10.4 Å². The molecule has 1 fully saturated rings. The van der Waals surface area contributed by atoms with Crippen LogP contribution in [0.4, 0.5) is 0 Å². The summed E-state index contributed by atoms with van der Waals surface area (Å²) in [6.45, 7) is 5.80. The predicted molar refractivity (Wildman–Crippen MR) is 80.2 cm³/mol. The minimum atomic E-state index is -3.33. The van der Waals surface area contributed by atoms with Crippen LogP contribution < -0.4 is 5.32 Å². The maximum absolute atomic E-state index is 12.5. The van der Waals surface area contributed by atoms with Crippen LogP contribution in [0.15, 0.2) is 14.1 Å². The van der Waals surface area contributed by atoms with Gasteiger partial charge in [-0.2, -0.15) is 4.31 Å². The van der Waals surface area contributed by atoms with Gasteiger partial charge < -0.3 is 5.32 Å². The highest BCUT2D eigenvalue weighted by atomic mass is 79.9. The molecule has 0 unspecified atom stereocenters. The van der Waals surface area contributed by atoms with Gasteiger partial charge in [0.1, 0.15) is 4.21 Å². The van der Waals surface area contributed by atoms with E-state index in [-0.39, 0.29) is 18.4 Å². The zero-order valence-corrected chi connectivity index (χ0v) is 14.2. The van der Waals surface area contributed by atoms with Crippen molar-refractivity contribution in [3.8, 4) is 0 Å². The monoisotopic (exact) mass is 374 g/mol. The van der Waals surface area contributed by atoms with Crippen LogP contribution in [0.1, 0.15) is 12.5 Å². The minimum Gasteiger partial charge on any atom is -0.314 e. The van der Waals surface area contributed by atoms with E-state index in [4.69, 9.17) is 0 Å². The van der Waals surface area contributed by atoms with Crippen LogP contribution >= 0.6 is 39.7 Å². The molecule has 18 heavy (non-hydrogen) atoms. The van der Waals surface area contributed by atoms with Gasteiger partial charge in [0.2, 0.25) is 0 Å². The van der Waals surface area contributed by atoms with E-state index in [0.717, 1.165) is 15.9 Å². The zero-order valence-electron chi connectivity index (χ0n) is 10.1. The number of sulfonamides is 1. The zero-order chi connectivity index (χ0) is 12.6. The molecule has 0 aromatic carbocycles. The molecule has 1 aromatic rings. The summed E-state index contributed by atoms with van der Waals surface area (Å²) in [5, 5.41) is 3.19. The van der Waals surface area contributed by atoms with Crippen LogP contribution in [-0.2, 0) is 10.0 Å². The highest BCUT2D eigenvalue weighted by Gasteiger charge is 2.32. The molecule has 1 aliphatic heterocycles. The van der Waals surface area contributed by atoms with Crippen LogP contribution in [0, 0.1) is 6.92 Å². The van der Waals surface area contributed by atoms with Crippen molar-refractivity contribution >= 4 is 49.7 Å². The van der Waals surface area contributed by atoms with Gasteiger partial charge in [0, 0.05) is 25.7 Å².